The van der Waals surface area contributed by atoms with Crippen LogP contribution in [0.3, 0.4) is 0 Å². The second-order valence-electron chi connectivity index (χ2n) is 4.24. The summed E-state index contributed by atoms with van der Waals surface area (Å²) in [6, 6.07) is 12.0. The van der Waals surface area contributed by atoms with Gasteiger partial charge < -0.3 is 5.32 Å². The summed E-state index contributed by atoms with van der Waals surface area (Å²) in [5, 5.41) is 4.82. The highest BCUT2D eigenvalue weighted by Gasteiger charge is 2.06. The van der Waals surface area contributed by atoms with Crippen LogP contribution in [-0.4, -0.2) is 4.98 Å². The predicted octanol–water partition coefficient (Wildman–Crippen LogP) is 5.76. The third kappa shape index (κ3) is 2.76. The van der Waals surface area contributed by atoms with Gasteiger partial charge in [-0.15, -0.1) is 0 Å². The van der Waals surface area contributed by atoms with Crippen LogP contribution in [0, 0.1) is 6.92 Å². The molecule has 0 aliphatic rings. The molecular weight excluding hydrogens is 344 g/mol. The minimum atomic E-state index is 0.709. The highest BCUT2D eigenvalue weighted by atomic mass is 79.9. The minimum absolute atomic E-state index is 0.709. The van der Waals surface area contributed by atoms with Crippen molar-refractivity contribution in [2.75, 3.05) is 5.32 Å². The number of fused-ring (bicyclic) bond motifs is 1. The summed E-state index contributed by atoms with van der Waals surface area (Å²) in [5.74, 6) is 0. The van der Waals surface area contributed by atoms with Crippen LogP contribution in [0.1, 0.15) is 5.56 Å². The molecule has 0 amide bonds. The van der Waals surface area contributed by atoms with Gasteiger partial charge in [0.2, 0.25) is 0 Å². The standard InChI is InChI=1S/C14H10BrClN2S/c1-8-2-4-11(10(16)6-8)17-14-18-12-7-9(15)3-5-13(12)19-14/h2-7H,1H3,(H,17,18). The Morgan fingerprint density at radius 2 is 2.05 bits per heavy atom. The monoisotopic (exact) mass is 352 g/mol. The molecule has 0 unspecified atom stereocenters. The lowest BCUT2D eigenvalue weighted by Gasteiger charge is -2.05. The Balaban J connectivity index is 1.96. The molecule has 1 heterocycles. The lowest BCUT2D eigenvalue weighted by Crippen LogP contribution is -1.90. The quantitative estimate of drug-likeness (QED) is 0.633. The molecule has 0 fully saturated rings. The molecule has 2 aromatic carbocycles. The van der Waals surface area contributed by atoms with Crippen LogP contribution in [0.4, 0.5) is 10.8 Å². The minimum Gasteiger partial charge on any atom is -0.330 e. The van der Waals surface area contributed by atoms with Crippen molar-refractivity contribution in [1.82, 2.24) is 4.98 Å². The van der Waals surface area contributed by atoms with Gasteiger partial charge in [0.25, 0.3) is 0 Å². The van der Waals surface area contributed by atoms with E-state index in [1.165, 1.54) is 0 Å². The van der Waals surface area contributed by atoms with E-state index in [0.717, 1.165) is 31.1 Å². The van der Waals surface area contributed by atoms with Crippen molar-refractivity contribution in [3.05, 3.63) is 51.5 Å². The van der Waals surface area contributed by atoms with Crippen LogP contribution in [0.2, 0.25) is 5.02 Å². The van der Waals surface area contributed by atoms with Crippen LogP contribution in [0.15, 0.2) is 40.9 Å². The van der Waals surface area contributed by atoms with Crippen LogP contribution in [-0.2, 0) is 0 Å². The summed E-state index contributed by atoms with van der Waals surface area (Å²) < 4.78 is 2.18. The Hall–Kier alpha value is -1.10. The van der Waals surface area contributed by atoms with Crippen LogP contribution in [0.5, 0.6) is 0 Å². The molecule has 2 nitrogen and oxygen atoms in total. The number of nitrogens with zero attached hydrogens (tertiary/aromatic N) is 1. The van der Waals surface area contributed by atoms with E-state index in [1.54, 1.807) is 11.3 Å². The van der Waals surface area contributed by atoms with Crippen molar-refractivity contribution in [2.45, 2.75) is 6.92 Å². The molecule has 0 saturated heterocycles. The van der Waals surface area contributed by atoms with Crippen molar-refractivity contribution in [2.24, 2.45) is 0 Å². The topological polar surface area (TPSA) is 24.9 Å². The first kappa shape index (κ1) is 12.9. The SMILES string of the molecule is Cc1ccc(Nc2nc3cc(Br)ccc3s2)c(Cl)c1. The number of aryl methyl sites for hydroxylation is 1. The van der Waals surface area contributed by atoms with Crippen molar-refractivity contribution < 1.29 is 0 Å². The maximum absolute atomic E-state index is 6.21. The first-order chi connectivity index (χ1) is 9.11. The Morgan fingerprint density at radius 1 is 1.21 bits per heavy atom. The maximum Gasteiger partial charge on any atom is 0.188 e. The summed E-state index contributed by atoms with van der Waals surface area (Å²) in [7, 11) is 0. The smallest absolute Gasteiger partial charge is 0.188 e. The maximum atomic E-state index is 6.21. The molecule has 0 bridgehead atoms. The van der Waals surface area contributed by atoms with Gasteiger partial charge in [0.05, 0.1) is 20.9 Å². The Bertz CT molecular complexity index is 754. The molecule has 0 saturated carbocycles. The summed E-state index contributed by atoms with van der Waals surface area (Å²) in [4.78, 5) is 4.55. The lowest BCUT2D eigenvalue weighted by atomic mass is 10.2. The zero-order valence-corrected chi connectivity index (χ0v) is 13.2. The van der Waals surface area contributed by atoms with Crippen LogP contribution in [0.25, 0.3) is 10.2 Å². The fourth-order valence-electron chi connectivity index (χ4n) is 1.79. The van der Waals surface area contributed by atoms with Crippen molar-refractivity contribution in [3.63, 3.8) is 0 Å². The normalized spacial score (nSPS) is 10.9. The van der Waals surface area contributed by atoms with Crippen LogP contribution < -0.4 is 5.32 Å². The molecule has 19 heavy (non-hydrogen) atoms. The number of hydrogen-bond donors (Lipinski definition) is 1. The first-order valence-corrected chi connectivity index (χ1v) is 7.70. The number of anilines is 2. The number of rotatable bonds is 2. The zero-order valence-electron chi connectivity index (χ0n) is 10.1. The van der Waals surface area contributed by atoms with Gasteiger partial charge in [0, 0.05) is 4.47 Å². The number of nitrogens with one attached hydrogen (secondary N) is 1. The molecule has 5 heteroatoms. The molecule has 0 radical (unpaired) electrons. The van der Waals surface area contributed by atoms with Crippen LogP contribution >= 0.6 is 38.9 Å². The second kappa shape index (κ2) is 5.12. The van der Waals surface area contributed by atoms with E-state index in [-0.39, 0.29) is 0 Å². The number of benzene rings is 2. The average Bonchev–Trinajstić information content (AvgIpc) is 2.74. The molecule has 3 rings (SSSR count). The van der Waals surface area contributed by atoms with E-state index in [2.05, 4.69) is 32.3 Å². The van der Waals surface area contributed by atoms with E-state index in [0.29, 0.717) is 5.02 Å². The largest absolute Gasteiger partial charge is 0.330 e. The number of thiazole rings is 1. The third-order valence-electron chi connectivity index (χ3n) is 2.72. The molecule has 0 aliphatic carbocycles. The fraction of sp³-hybridized carbons (Fsp3) is 0.0714. The van der Waals surface area contributed by atoms with Gasteiger partial charge in [-0.25, -0.2) is 4.98 Å². The Labute approximate surface area is 128 Å². The van der Waals surface area contributed by atoms with Crippen molar-refractivity contribution in [3.8, 4) is 0 Å². The van der Waals surface area contributed by atoms with Crippen molar-refractivity contribution >= 4 is 59.9 Å². The van der Waals surface area contributed by atoms with Gasteiger partial charge in [0.15, 0.2) is 5.13 Å². The second-order valence-corrected chi connectivity index (χ2v) is 6.59. The highest BCUT2D eigenvalue weighted by Crippen LogP contribution is 2.32. The molecule has 1 N–H and O–H groups in total. The molecule has 0 spiro atoms. The fourth-order valence-corrected chi connectivity index (χ4v) is 3.28. The van der Waals surface area contributed by atoms with Gasteiger partial charge in [-0.3, -0.25) is 0 Å². The van der Waals surface area contributed by atoms with E-state index in [9.17, 15) is 0 Å². The van der Waals surface area contributed by atoms with Gasteiger partial charge in [0.1, 0.15) is 0 Å². The molecule has 96 valence electrons. The van der Waals surface area contributed by atoms with E-state index < -0.39 is 0 Å². The summed E-state index contributed by atoms with van der Waals surface area (Å²) in [6.45, 7) is 2.02. The number of halogens is 2. The molecule has 0 atom stereocenters. The lowest BCUT2D eigenvalue weighted by molar-refractivity contribution is 1.42. The zero-order chi connectivity index (χ0) is 13.4. The highest BCUT2D eigenvalue weighted by molar-refractivity contribution is 9.10. The molecular formula is C14H10BrClN2S. The third-order valence-corrected chi connectivity index (χ3v) is 4.47. The first-order valence-electron chi connectivity index (χ1n) is 5.71. The van der Waals surface area contributed by atoms with E-state index in [4.69, 9.17) is 11.6 Å². The number of aromatic nitrogens is 1. The van der Waals surface area contributed by atoms with Gasteiger partial charge in [-0.05, 0) is 42.8 Å². The molecule has 3 aromatic rings. The van der Waals surface area contributed by atoms with Gasteiger partial charge >= 0.3 is 0 Å². The molecule has 0 aliphatic heterocycles. The average molecular weight is 354 g/mol. The predicted molar refractivity (Wildman–Crippen MR) is 86.8 cm³/mol. The Morgan fingerprint density at radius 3 is 2.84 bits per heavy atom. The Kier molecular flexibility index (Phi) is 3.48. The van der Waals surface area contributed by atoms with Gasteiger partial charge in [-0.2, -0.15) is 0 Å². The summed E-state index contributed by atoms with van der Waals surface area (Å²) >= 11 is 11.3. The molecule has 1 aromatic heterocycles. The summed E-state index contributed by atoms with van der Waals surface area (Å²) in [6.07, 6.45) is 0. The van der Waals surface area contributed by atoms with E-state index in [1.807, 2.05) is 37.3 Å². The summed E-state index contributed by atoms with van der Waals surface area (Å²) in [5.41, 5.74) is 3.00. The number of hydrogen-bond acceptors (Lipinski definition) is 3. The van der Waals surface area contributed by atoms with Gasteiger partial charge in [-0.1, -0.05) is 44.9 Å². The van der Waals surface area contributed by atoms with E-state index >= 15 is 0 Å². The van der Waals surface area contributed by atoms with Crippen molar-refractivity contribution in [1.29, 1.82) is 0 Å².